The number of fused-ring (bicyclic) bond motifs is 2. The summed E-state index contributed by atoms with van der Waals surface area (Å²) in [6.45, 7) is 6.01. The van der Waals surface area contributed by atoms with E-state index >= 15 is 0 Å². The zero-order valence-corrected chi connectivity index (χ0v) is 19.0. The first kappa shape index (κ1) is 24.0. The number of rotatable bonds is 5. The fourth-order valence-corrected chi connectivity index (χ4v) is 3.59. The third-order valence-corrected chi connectivity index (χ3v) is 5.61. The van der Waals surface area contributed by atoms with Crippen LogP contribution in [0.25, 0.3) is 6.08 Å². The van der Waals surface area contributed by atoms with E-state index in [9.17, 15) is 0 Å². The van der Waals surface area contributed by atoms with E-state index in [1.807, 2.05) is 37.5 Å². The Bertz CT molecular complexity index is 756. The van der Waals surface area contributed by atoms with Crippen molar-refractivity contribution in [3.05, 3.63) is 65.0 Å². The van der Waals surface area contributed by atoms with Gasteiger partial charge >= 0.3 is 0 Å². The maximum absolute atomic E-state index is 5.39. The van der Waals surface area contributed by atoms with E-state index in [0.717, 1.165) is 36.9 Å². The molecule has 0 aliphatic heterocycles. The van der Waals surface area contributed by atoms with Crippen LogP contribution in [0.5, 0.6) is 0 Å². The summed E-state index contributed by atoms with van der Waals surface area (Å²) in [6, 6.07) is 4.23. The Kier molecular flexibility index (Phi) is 11.1. The maximum Gasteiger partial charge on any atom is 0.120 e. The quantitative estimate of drug-likeness (QED) is 0.674. The van der Waals surface area contributed by atoms with E-state index in [1.54, 1.807) is 0 Å². The number of aryl methyl sites for hydroxylation is 2. The van der Waals surface area contributed by atoms with Gasteiger partial charge in [-0.25, -0.2) is 4.98 Å². The summed E-state index contributed by atoms with van der Waals surface area (Å²) in [5, 5.41) is 3.07. The minimum absolute atomic E-state index is 0.764. The molecule has 5 nitrogen and oxygen atoms in total. The molecular weight excluding hydrogens is 370 g/mol. The first-order valence-electron chi connectivity index (χ1n) is 11.4. The molecule has 164 valence electrons. The van der Waals surface area contributed by atoms with Crippen LogP contribution in [0.4, 0.5) is 0 Å². The van der Waals surface area contributed by atoms with Crippen molar-refractivity contribution in [2.45, 2.75) is 65.3 Å². The van der Waals surface area contributed by atoms with Crippen LogP contribution in [0.15, 0.2) is 36.6 Å². The zero-order chi connectivity index (χ0) is 21.6. The summed E-state index contributed by atoms with van der Waals surface area (Å²) < 4.78 is 0. The standard InChI is InChI=1S/C10H13N3.C9H11N.C6H15N/c1-11-7-10-12-8-5-3-2-4-6-9(8)13-10;1-2-6-9-8(4-1)5-3-7-10-9;1-3-6(4-2)5-7/h2-5,11H,6-7H2,1H3,(H,12,13);3,5,7H,1-2,4,6H2;6H,3-5,7H2,1-2H3. The number of aromatic nitrogens is 3. The number of allylic oxidation sites excluding steroid dienone is 3. The van der Waals surface area contributed by atoms with Gasteiger partial charge < -0.3 is 16.0 Å². The molecule has 4 rings (SSSR count). The highest BCUT2D eigenvalue weighted by Gasteiger charge is 2.08. The molecule has 2 aliphatic rings. The minimum Gasteiger partial charge on any atom is -0.344 e. The van der Waals surface area contributed by atoms with E-state index in [1.165, 1.54) is 55.5 Å². The van der Waals surface area contributed by atoms with Gasteiger partial charge in [0, 0.05) is 24.0 Å². The van der Waals surface area contributed by atoms with Crippen molar-refractivity contribution in [3.8, 4) is 0 Å². The Balaban J connectivity index is 0.000000169. The predicted molar refractivity (Wildman–Crippen MR) is 127 cm³/mol. The number of hydrogen-bond acceptors (Lipinski definition) is 4. The van der Waals surface area contributed by atoms with Gasteiger partial charge in [-0.3, -0.25) is 4.98 Å². The largest absolute Gasteiger partial charge is 0.344 e. The minimum atomic E-state index is 0.764. The van der Waals surface area contributed by atoms with Crippen LogP contribution in [0, 0.1) is 5.92 Å². The molecule has 2 aromatic rings. The van der Waals surface area contributed by atoms with Gasteiger partial charge in [-0.2, -0.15) is 0 Å². The van der Waals surface area contributed by atoms with Crippen molar-refractivity contribution < 1.29 is 0 Å². The number of H-pyrrole nitrogens is 1. The molecule has 0 saturated carbocycles. The summed E-state index contributed by atoms with van der Waals surface area (Å²) in [7, 11) is 1.92. The van der Waals surface area contributed by atoms with Crippen molar-refractivity contribution in [1.29, 1.82) is 0 Å². The van der Waals surface area contributed by atoms with E-state index < -0.39 is 0 Å². The molecule has 0 spiro atoms. The highest BCUT2D eigenvalue weighted by molar-refractivity contribution is 5.52. The lowest BCUT2D eigenvalue weighted by Gasteiger charge is -2.12. The second kappa shape index (κ2) is 13.9. The summed E-state index contributed by atoms with van der Waals surface area (Å²) in [5.74, 6) is 1.77. The Morgan fingerprint density at radius 2 is 1.97 bits per heavy atom. The van der Waals surface area contributed by atoms with E-state index in [0.29, 0.717) is 0 Å². The number of imidazole rings is 1. The summed E-state index contributed by atoms with van der Waals surface area (Å²) in [4.78, 5) is 12.1. The van der Waals surface area contributed by atoms with Crippen LogP contribution >= 0.6 is 0 Å². The van der Waals surface area contributed by atoms with Crippen molar-refractivity contribution in [2.24, 2.45) is 11.7 Å². The number of nitrogens with two attached hydrogens (primary N) is 1. The maximum atomic E-state index is 5.39. The van der Waals surface area contributed by atoms with Gasteiger partial charge in [-0.15, -0.1) is 0 Å². The molecule has 0 fully saturated rings. The van der Waals surface area contributed by atoms with Crippen LogP contribution in [0.3, 0.4) is 0 Å². The average Bonchev–Trinajstić information content (AvgIpc) is 3.04. The SMILES string of the molecule is CCC(CC)CN.CNCc1nc2c([nH]1)CC=CC=C2.c1cnc2c(c1)CCCC2. The molecule has 4 N–H and O–H groups in total. The molecule has 2 aliphatic carbocycles. The molecule has 0 aromatic carbocycles. The molecule has 2 heterocycles. The van der Waals surface area contributed by atoms with Crippen LogP contribution in [0.1, 0.15) is 68.0 Å². The summed E-state index contributed by atoms with van der Waals surface area (Å²) in [6.07, 6.45) is 18.6. The molecule has 0 amide bonds. The number of nitrogens with one attached hydrogen (secondary N) is 2. The summed E-state index contributed by atoms with van der Waals surface area (Å²) >= 11 is 0. The lowest BCUT2D eigenvalue weighted by Crippen LogP contribution is -2.11. The summed E-state index contributed by atoms with van der Waals surface area (Å²) in [5.41, 5.74) is 10.5. The highest BCUT2D eigenvalue weighted by Crippen LogP contribution is 2.17. The topological polar surface area (TPSA) is 79.6 Å². The van der Waals surface area contributed by atoms with Crippen molar-refractivity contribution in [1.82, 2.24) is 20.3 Å². The fraction of sp³-hybridized carbons (Fsp3) is 0.520. The second-order valence-corrected chi connectivity index (χ2v) is 7.80. The predicted octanol–water partition coefficient (Wildman–Crippen LogP) is 4.60. The van der Waals surface area contributed by atoms with Crippen LogP contribution in [-0.2, 0) is 25.8 Å². The third-order valence-electron chi connectivity index (χ3n) is 5.61. The Labute approximate surface area is 182 Å². The zero-order valence-electron chi connectivity index (χ0n) is 19.0. The second-order valence-electron chi connectivity index (χ2n) is 7.80. The van der Waals surface area contributed by atoms with Gasteiger partial charge in [0.1, 0.15) is 5.82 Å². The first-order valence-corrected chi connectivity index (χ1v) is 11.4. The number of pyridine rings is 1. The van der Waals surface area contributed by atoms with Crippen molar-refractivity contribution in [2.75, 3.05) is 13.6 Å². The fourth-order valence-electron chi connectivity index (χ4n) is 3.59. The lowest BCUT2D eigenvalue weighted by molar-refractivity contribution is 0.505. The molecule has 0 bridgehead atoms. The Morgan fingerprint density at radius 1 is 1.17 bits per heavy atom. The van der Waals surface area contributed by atoms with Gasteiger partial charge in [0.2, 0.25) is 0 Å². The third kappa shape index (κ3) is 7.88. The molecular formula is C25H39N5. The smallest absolute Gasteiger partial charge is 0.120 e. The normalized spacial score (nSPS) is 14.0. The molecule has 0 radical (unpaired) electrons. The molecule has 2 aromatic heterocycles. The van der Waals surface area contributed by atoms with Crippen molar-refractivity contribution >= 4 is 6.08 Å². The van der Waals surface area contributed by atoms with Gasteiger partial charge in [0.05, 0.1) is 12.2 Å². The lowest BCUT2D eigenvalue weighted by atomic mass is 9.96. The van der Waals surface area contributed by atoms with E-state index in [2.05, 4.69) is 46.3 Å². The van der Waals surface area contributed by atoms with Gasteiger partial charge in [-0.05, 0) is 62.9 Å². The molecule has 0 saturated heterocycles. The van der Waals surface area contributed by atoms with Gasteiger partial charge in [0.25, 0.3) is 0 Å². The van der Waals surface area contributed by atoms with Crippen LogP contribution in [0.2, 0.25) is 0 Å². The number of nitrogens with zero attached hydrogens (tertiary/aromatic N) is 2. The molecule has 5 heteroatoms. The van der Waals surface area contributed by atoms with Crippen LogP contribution in [-0.4, -0.2) is 28.5 Å². The average molecular weight is 410 g/mol. The van der Waals surface area contributed by atoms with Gasteiger partial charge in [-0.1, -0.05) is 51.0 Å². The highest BCUT2D eigenvalue weighted by atomic mass is 15.0. The number of aromatic amines is 1. The Morgan fingerprint density at radius 3 is 2.63 bits per heavy atom. The first-order chi connectivity index (χ1) is 14.7. The van der Waals surface area contributed by atoms with E-state index in [4.69, 9.17) is 5.73 Å². The molecule has 0 unspecified atom stereocenters. The molecule has 0 atom stereocenters. The molecule has 30 heavy (non-hydrogen) atoms. The number of hydrogen-bond donors (Lipinski definition) is 3. The van der Waals surface area contributed by atoms with Crippen molar-refractivity contribution in [3.63, 3.8) is 0 Å². The van der Waals surface area contributed by atoms with Crippen LogP contribution < -0.4 is 11.1 Å². The Hall–Kier alpha value is -2.24. The monoisotopic (exact) mass is 409 g/mol. The van der Waals surface area contributed by atoms with Gasteiger partial charge in [0.15, 0.2) is 0 Å². The van der Waals surface area contributed by atoms with E-state index in [-0.39, 0.29) is 0 Å².